The molecule has 0 radical (unpaired) electrons. The number of carboxylic acid groups (broad SMARTS) is 1. The first-order valence-electron chi connectivity index (χ1n) is 9.12. The maximum Gasteiger partial charge on any atom is 0.326 e. The number of aryl methyl sites for hydroxylation is 2. The van der Waals surface area contributed by atoms with E-state index in [1.165, 1.54) is 18.3 Å². The molecule has 0 aliphatic carbocycles. The van der Waals surface area contributed by atoms with Gasteiger partial charge >= 0.3 is 5.97 Å². The summed E-state index contributed by atoms with van der Waals surface area (Å²) in [5.74, 6) is -1.92. The Hall–Kier alpha value is -3.68. The van der Waals surface area contributed by atoms with Gasteiger partial charge in [0.1, 0.15) is 23.0 Å². The Balaban J connectivity index is 1.94. The molecule has 0 aliphatic rings. The molecule has 8 nitrogen and oxygen atoms in total. The van der Waals surface area contributed by atoms with Crippen LogP contribution in [-0.4, -0.2) is 37.7 Å². The van der Waals surface area contributed by atoms with Crippen LogP contribution in [-0.2, 0) is 17.8 Å². The quantitative estimate of drug-likeness (QED) is 0.586. The van der Waals surface area contributed by atoms with E-state index in [0.717, 1.165) is 5.69 Å². The van der Waals surface area contributed by atoms with Crippen LogP contribution in [0, 0.1) is 6.92 Å². The molecular weight excluding hydrogens is 374 g/mol. The first-order chi connectivity index (χ1) is 13.8. The monoisotopic (exact) mass is 395 g/mol. The number of nitrogens with one attached hydrogen (secondary N) is 1. The first-order valence-corrected chi connectivity index (χ1v) is 9.12. The van der Waals surface area contributed by atoms with Crippen molar-refractivity contribution < 1.29 is 19.8 Å². The summed E-state index contributed by atoms with van der Waals surface area (Å²) in [5.41, 5.74) is 1.22. The van der Waals surface area contributed by atoms with E-state index in [4.69, 9.17) is 0 Å². The van der Waals surface area contributed by atoms with Crippen LogP contribution in [0.5, 0.6) is 5.75 Å². The van der Waals surface area contributed by atoms with E-state index < -0.39 is 23.3 Å². The van der Waals surface area contributed by atoms with E-state index in [-0.39, 0.29) is 17.7 Å². The van der Waals surface area contributed by atoms with Gasteiger partial charge in [-0.3, -0.25) is 9.59 Å². The molecule has 29 heavy (non-hydrogen) atoms. The molecule has 0 bridgehead atoms. The predicted molar refractivity (Wildman–Crippen MR) is 107 cm³/mol. The molecule has 0 fully saturated rings. The highest BCUT2D eigenvalue weighted by atomic mass is 16.4. The summed E-state index contributed by atoms with van der Waals surface area (Å²) in [7, 11) is 0. The first kappa shape index (κ1) is 20.1. The highest BCUT2D eigenvalue weighted by Crippen LogP contribution is 2.13. The zero-order valence-corrected chi connectivity index (χ0v) is 16.0. The number of carboxylic acids is 1. The van der Waals surface area contributed by atoms with Crippen molar-refractivity contribution in [1.82, 2.24) is 14.9 Å². The standard InChI is InChI=1S/C21H21N3O5/c1-3-24-11-16(18(26)15-9-4-12(2)22-19(15)24)20(27)23-17(21(28)29)10-13-5-7-14(25)8-6-13/h4-9,11,17,25H,3,10H2,1-2H3,(H,23,27)(H,28,29)/t17-/m1/s1. The van der Waals surface area contributed by atoms with Crippen molar-refractivity contribution in [3.8, 4) is 5.75 Å². The Morgan fingerprint density at radius 1 is 1.17 bits per heavy atom. The minimum absolute atomic E-state index is 0.0116. The van der Waals surface area contributed by atoms with E-state index in [2.05, 4.69) is 10.3 Å². The second-order valence-corrected chi connectivity index (χ2v) is 6.72. The van der Waals surface area contributed by atoms with Crippen LogP contribution < -0.4 is 10.7 Å². The number of aromatic nitrogens is 2. The van der Waals surface area contributed by atoms with Gasteiger partial charge in [-0.05, 0) is 43.7 Å². The summed E-state index contributed by atoms with van der Waals surface area (Å²) in [6.07, 6.45) is 1.42. The van der Waals surface area contributed by atoms with Crippen LogP contribution in [0.4, 0.5) is 0 Å². The topological polar surface area (TPSA) is 122 Å². The number of nitrogens with zero attached hydrogens (tertiary/aromatic N) is 2. The lowest BCUT2D eigenvalue weighted by Crippen LogP contribution is -2.43. The number of benzene rings is 1. The van der Waals surface area contributed by atoms with E-state index in [9.17, 15) is 24.6 Å². The Labute approximate surface area is 166 Å². The van der Waals surface area contributed by atoms with Gasteiger partial charge in [0.15, 0.2) is 0 Å². The van der Waals surface area contributed by atoms with Crippen molar-refractivity contribution in [1.29, 1.82) is 0 Å². The molecule has 0 spiro atoms. The largest absolute Gasteiger partial charge is 0.508 e. The second-order valence-electron chi connectivity index (χ2n) is 6.72. The summed E-state index contributed by atoms with van der Waals surface area (Å²) in [4.78, 5) is 41.6. The Kier molecular flexibility index (Phi) is 5.63. The molecule has 0 unspecified atom stereocenters. The number of aromatic hydroxyl groups is 1. The van der Waals surface area contributed by atoms with Gasteiger partial charge in [-0.15, -0.1) is 0 Å². The van der Waals surface area contributed by atoms with Gasteiger partial charge < -0.3 is 20.1 Å². The fraction of sp³-hybridized carbons (Fsp3) is 0.238. The lowest BCUT2D eigenvalue weighted by Gasteiger charge is -2.16. The van der Waals surface area contributed by atoms with Crippen molar-refractivity contribution in [2.24, 2.45) is 0 Å². The molecule has 1 atom stereocenters. The van der Waals surface area contributed by atoms with Gasteiger partial charge in [0.05, 0.1) is 5.39 Å². The minimum atomic E-state index is -1.23. The van der Waals surface area contributed by atoms with Gasteiger partial charge in [-0.2, -0.15) is 0 Å². The number of fused-ring (bicyclic) bond motifs is 1. The third-order valence-electron chi connectivity index (χ3n) is 4.63. The molecule has 1 amide bonds. The average Bonchev–Trinajstić information content (AvgIpc) is 2.69. The average molecular weight is 395 g/mol. The highest BCUT2D eigenvalue weighted by Gasteiger charge is 2.24. The number of carbonyl (C=O) groups is 2. The predicted octanol–water partition coefficient (Wildman–Crippen LogP) is 1.86. The summed E-state index contributed by atoms with van der Waals surface area (Å²) < 4.78 is 1.69. The van der Waals surface area contributed by atoms with Gasteiger partial charge in [0, 0.05) is 24.9 Å². The molecule has 3 rings (SSSR count). The van der Waals surface area contributed by atoms with Crippen molar-refractivity contribution in [3.63, 3.8) is 0 Å². The second kappa shape index (κ2) is 8.14. The molecule has 2 aromatic heterocycles. The Bertz CT molecular complexity index is 1140. The van der Waals surface area contributed by atoms with E-state index >= 15 is 0 Å². The summed E-state index contributed by atoms with van der Waals surface area (Å²) in [6, 6.07) is 8.11. The van der Waals surface area contributed by atoms with Crippen LogP contribution in [0.1, 0.15) is 28.5 Å². The fourth-order valence-electron chi connectivity index (χ4n) is 3.07. The molecular formula is C21H21N3O5. The van der Waals surface area contributed by atoms with Crippen LogP contribution in [0.2, 0.25) is 0 Å². The zero-order chi connectivity index (χ0) is 21.1. The smallest absolute Gasteiger partial charge is 0.326 e. The number of phenolic OH excluding ortho intramolecular Hbond substituents is 1. The van der Waals surface area contributed by atoms with Crippen molar-refractivity contribution in [2.75, 3.05) is 0 Å². The zero-order valence-electron chi connectivity index (χ0n) is 16.0. The number of pyridine rings is 2. The number of aliphatic carboxylic acids is 1. The van der Waals surface area contributed by atoms with Crippen LogP contribution in [0.3, 0.4) is 0 Å². The van der Waals surface area contributed by atoms with Crippen molar-refractivity contribution in [2.45, 2.75) is 32.9 Å². The van der Waals surface area contributed by atoms with Crippen molar-refractivity contribution >= 4 is 22.9 Å². The van der Waals surface area contributed by atoms with Gasteiger partial charge in [-0.25, -0.2) is 9.78 Å². The SMILES string of the molecule is CCn1cc(C(=O)N[C@H](Cc2ccc(O)cc2)C(=O)O)c(=O)c2ccc(C)nc21. The fourth-order valence-corrected chi connectivity index (χ4v) is 3.07. The molecule has 0 aliphatic heterocycles. The Morgan fingerprint density at radius 3 is 2.48 bits per heavy atom. The third-order valence-corrected chi connectivity index (χ3v) is 4.63. The maximum atomic E-state index is 12.8. The summed E-state index contributed by atoms with van der Waals surface area (Å²) >= 11 is 0. The normalized spacial score (nSPS) is 11.9. The minimum Gasteiger partial charge on any atom is -0.508 e. The third kappa shape index (κ3) is 4.26. The van der Waals surface area contributed by atoms with Gasteiger partial charge in [0.25, 0.3) is 5.91 Å². The molecule has 1 aromatic carbocycles. The number of hydrogen-bond acceptors (Lipinski definition) is 5. The van der Waals surface area contributed by atoms with Crippen LogP contribution >= 0.6 is 0 Å². The molecule has 0 saturated heterocycles. The summed E-state index contributed by atoms with van der Waals surface area (Å²) in [6.45, 7) is 4.16. The van der Waals surface area contributed by atoms with Crippen LogP contribution in [0.25, 0.3) is 11.0 Å². The summed E-state index contributed by atoms with van der Waals surface area (Å²) in [5, 5.41) is 21.6. The highest BCUT2D eigenvalue weighted by molar-refractivity contribution is 5.98. The lowest BCUT2D eigenvalue weighted by atomic mass is 10.1. The molecule has 3 N–H and O–H groups in total. The number of amides is 1. The van der Waals surface area contributed by atoms with Crippen molar-refractivity contribution in [3.05, 3.63) is 69.6 Å². The maximum absolute atomic E-state index is 12.8. The van der Waals surface area contributed by atoms with Gasteiger partial charge in [-0.1, -0.05) is 12.1 Å². The Morgan fingerprint density at radius 2 is 1.86 bits per heavy atom. The van der Waals surface area contributed by atoms with E-state index in [1.807, 2.05) is 13.8 Å². The molecule has 8 heteroatoms. The molecule has 3 aromatic rings. The number of phenols is 1. The van der Waals surface area contributed by atoms with E-state index in [0.29, 0.717) is 23.1 Å². The number of carbonyl (C=O) groups excluding carboxylic acids is 1. The molecule has 150 valence electrons. The lowest BCUT2D eigenvalue weighted by molar-refractivity contribution is -0.139. The molecule has 0 saturated carbocycles. The van der Waals surface area contributed by atoms with E-state index in [1.54, 1.807) is 28.8 Å². The molecule has 2 heterocycles. The van der Waals surface area contributed by atoms with Crippen LogP contribution in [0.15, 0.2) is 47.4 Å². The van der Waals surface area contributed by atoms with Gasteiger partial charge in [0.2, 0.25) is 5.43 Å². The number of rotatable bonds is 6. The number of hydrogen-bond donors (Lipinski definition) is 3.